The Morgan fingerprint density at radius 3 is 2.68 bits per heavy atom. The van der Waals surface area contributed by atoms with Crippen molar-refractivity contribution in [2.24, 2.45) is 0 Å². The van der Waals surface area contributed by atoms with Gasteiger partial charge in [-0.05, 0) is 12.1 Å². The van der Waals surface area contributed by atoms with Crippen molar-refractivity contribution in [2.45, 2.75) is 0 Å². The van der Waals surface area contributed by atoms with Gasteiger partial charge in [0.15, 0.2) is 5.43 Å². The van der Waals surface area contributed by atoms with Crippen LogP contribution < -0.4 is 15.0 Å². The third-order valence-electron chi connectivity index (χ3n) is 2.47. The van der Waals surface area contributed by atoms with Crippen molar-refractivity contribution in [3.8, 4) is 17.3 Å². The van der Waals surface area contributed by atoms with Crippen molar-refractivity contribution in [2.75, 3.05) is 0 Å². The van der Waals surface area contributed by atoms with Crippen LogP contribution in [-0.4, -0.2) is 21.7 Å². The summed E-state index contributed by atoms with van der Waals surface area (Å²) in [6.07, 6.45) is 3.12. The van der Waals surface area contributed by atoms with Gasteiger partial charge in [0.05, 0.1) is 11.3 Å². The maximum Gasteiger partial charge on any atom is 0.356 e. The number of esters is 1. The standard InChI is InChI=1S/C12H6N2O5/c15-9-3-1-2-8-7(9)6-13-12-14(8)19-11(17)5-4-10(16)18-12/h1-6H/b5-4+. The Morgan fingerprint density at radius 2 is 1.84 bits per heavy atom. The Bertz CT molecular complexity index is 746. The maximum atomic E-state index is 11.6. The molecule has 3 aliphatic rings. The van der Waals surface area contributed by atoms with Crippen molar-refractivity contribution in [1.29, 1.82) is 0 Å². The minimum Gasteiger partial charge on any atom is -0.387 e. The van der Waals surface area contributed by atoms with Gasteiger partial charge in [-0.25, -0.2) is 14.6 Å². The fourth-order valence-corrected chi connectivity index (χ4v) is 1.65. The highest BCUT2D eigenvalue weighted by molar-refractivity contribution is 5.93. The van der Waals surface area contributed by atoms with Gasteiger partial charge in [0.25, 0.3) is 0 Å². The molecule has 3 rings (SSSR count). The van der Waals surface area contributed by atoms with Gasteiger partial charge in [-0.3, -0.25) is 4.79 Å². The SMILES string of the molecule is O=C1/C=C/C(=O)On2c3cccc(=O)c-3cnc2O1. The zero-order valence-corrected chi connectivity index (χ0v) is 9.40. The van der Waals surface area contributed by atoms with Crippen LogP contribution in [0.5, 0.6) is 6.01 Å². The lowest BCUT2D eigenvalue weighted by Crippen LogP contribution is -2.27. The highest BCUT2D eigenvalue weighted by Crippen LogP contribution is 2.21. The third-order valence-corrected chi connectivity index (χ3v) is 2.47. The molecule has 7 nitrogen and oxygen atoms in total. The number of benzene rings is 1. The summed E-state index contributed by atoms with van der Waals surface area (Å²) in [7, 11) is 0. The second-order valence-corrected chi connectivity index (χ2v) is 3.69. The van der Waals surface area contributed by atoms with Gasteiger partial charge in [0.1, 0.15) is 0 Å². The van der Waals surface area contributed by atoms with Crippen LogP contribution in [0.4, 0.5) is 0 Å². The molecule has 2 heterocycles. The number of rotatable bonds is 0. The monoisotopic (exact) mass is 258 g/mol. The molecule has 7 heteroatoms. The quantitative estimate of drug-likeness (QED) is 0.607. The summed E-state index contributed by atoms with van der Waals surface area (Å²) in [5, 5.41) is 0. The highest BCUT2D eigenvalue weighted by atomic mass is 16.7. The topological polar surface area (TPSA) is 87.5 Å². The van der Waals surface area contributed by atoms with E-state index in [0.29, 0.717) is 0 Å². The molecule has 0 aromatic heterocycles. The molecule has 0 amide bonds. The van der Waals surface area contributed by atoms with Crippen molar-refractivity contribution < 1.29 is 19.2 Å². The molecular formula is C12H6N2O5. The number of carbonyl (C=O) groups is 2. The van der Waals surface area contributed by atoms with Crippen LogP contribution in [0, 0.1) is 0 Å². The van der Waals surface area contributed by atoms with Gasteiger partial charge in [-0.2, -0.15) is 0 Å². The van der Waals surface area contributed by atoms with E-state index in [9.17, 15) is 14.4 Å². The van der Waals surface area contributed by atoms with E-state index in [4.69, 9.17) is 9.57 Å². The van der Waals surface area contributed by atoms with E-state index < -0.39 is 11.9 Å². The van der Waals surface area contributed by atoms with Crippen LogP contribution in [0.1, 0.15) is 0 Å². The Labute approximate surface area is 106 Å². The summed E-state index contributed by atoms with van der Waals surface area (Å²) in [5.41, 5.74) is 0.258. The molecule has 0 aromatic rings. The number of aromatic nitrogens is 2. The van der Waals surface area contributed by atoms with E-state index in [1.165, 1.54) is 18.3 Å². The molecular weight excluding hydrogens is 252 g/mol. The van der Waals surface area contributed by atoms with Crippen LogP contribution in [0.3, 0.4) is 0 Å². The van der Waals surface area contributed by atoms with E-state index >= 15 is 0 Å². The molecule has 0 spiro atoms. The van der Waals surface area contributed by atoms with Crippen molar-refractivity contribution in [3.05, 3.63) is 46.8 Å². The third kappa shape index (κ3) is 1.86. The Balaban J connectivity index is 2.28. The first-order chi connectivity index (χ1) is 9.15. The predicted octanol–water partition coefficient (Wildman–Crippen LogP) is -0.222. The van der Waals surface area contributed by atoms with E-state index in [-0.39, 0.29) is 22.7 Å². The highest BCUT2D eigenvalue weighted by Gasteiger charge is 2.21. The Morgan fingerprint density at radius 1 is 1.05 bits per heavy atom. The Kier molecular flexibility index (Phi) is 2.38. The minimum absolute atomic E-state index is 0.221. The normalized spacial score (nSPS) is 16.0. The van der Waals surface area contributed by atoms with Gasteiger partial charge in [0, 0.05) is 18.3 Å². The maximum absolute atomic E-state index is 11.6. The number of hydrogen-bond acceptors (Lipinski definition) is 6. The summed E-state index contributed by atoms with van der Waals surface area (Å²) in [5.74, 6) is -1.52. The average Bonchev–Trinajstić information content (AvgIpc) is 2.38. The fraction of sp³-hybridized carbons (Fsp3) is 0. The number of nitrogens with zero attached hydrogens (tertiary/aromatic N) is 2. The summed E-state index contributed by atoms with van der Waals surface area (Å²) in [6, 6.07) is 4.19. The zero-order chi connectivity index (χ0) is 13.4. The number of hydrogen-bond donors (Lipinski definition) is 0. The average molecular weight is 258 g/mol. The fourth-order valence-electron chi connectivity index (χ4n) is 1.65. The first kappa shape index (κ1) is 11.1. The number of ether oxygens (including phenoxy) is 1. The summed E-state index contributed by atoms with van der Waals surface area (Å²) in [4.78, 5) is 43.2. The molecule has 0 saturated heterocycles. The molecule has 94 valence electrons. The Hall–Kier alpha value is -2.96. The molecule has 0 bridgehead atoms. The lowest BCUT2D eigenvalue weighted by Gasteiger charge is -2.17. The van der Waals surface area contributed by atoms with Crippen molar-refractivity contribution in [3.63, 3.8) is 0 Å². The van der Waals surface area contributed by atoms with E-state index in [2.05, 4.69) is 4.98 Å². The molecule has 0 saturated carbocycles. The second-order valence-electron chi connectivity index (χ2n) is 3.69. The van der Waals surface area contributed by atoms with Crippen LogP contribution in [-0.2, 0) is 9.59 Å². The lowest BCUT2D eigenvalue weighted by molar-refractivity contribution is -0.142. The molecule has 2 aliphatic heterocycles. The van der Waals surface area contributed by atoms with Gasteiger partial charge in [-0.15, -0.1) is 4.73 Å². The van der Waals surface area contributed by atoms with E-state index in [0.717, 1.165) is 16.9 Å². The van der Waals surface area contributed by atoms with Crippen molar-refractivity contribution >= 4 is 11.9 Å². The molecule has 0 aromatic carbocycles. The van der Waals surface area contributed by atoms with Gasteiger partial charge in [0.2, 0.25) is 0 Å². The first-order valence-corrected chi connectivity index (χ1v) is 5.28. The minimum atomic E-state index is -0.770. The number of carbonyl (C=O) groups excluding carboxylic acids is 2. The van der Waals surface area contributed by atoms with Crippen LogP contribution >= 0.6 is 0 Å². The summed E-state index contributed by atoms with van der Waals surface area (Å²) >= 11 is 0. The van der Waals surface area contributed by atoms with Gasteiger partial charge >= 0.3 is 17.9 Å². The largest absolute Gasteiger partial charge is 0.387 e. The van der Waals surface area contributed by atoms with Crippen LogP contribution in [0.2, 0.25) is 0 Å². The molecule has 1 aliphatic carbocycles. The van der Waals surface area contributed by atoms with Crippen LogP contribution in [0.15, 0.2) is 41.3 Å². The summed E-state index contributed by atoms with van der Waals surface area (Å²) < 4.78 is 5.80. The van der Waals surface area contributed by atoms with Crippen molar-refractivity contribution in [1.82, 2.24) is 9.71 Å². The molecule has 0 unspecified atom stereocenters. The van der Waals surface area contributed by atoms with Crippen LogP contribution in [0.25, 0.3) is 11.3 Å². The zero-order valence-electron chi connectivity index (χ0n) is 9.40. The number of fused-ring (bicyclic) bond motifs is 3. The first-order valence-electron chi connectivity index (χ1n) is 5.28. The molecule has 0 radical (unpaired) electrons. The van der Waals surface area contributed by atoms with E-state index in [1.54, 1.807) is 6.07 Å². The molecule has 0 N–H and O–H groups in total. The van der Waals surface area contributed by atoms with Gasteiger partial charge in [-0.1, -0.05) is 6.07 Å². The van der Waals surface area contributed by atoms with Gasteiger partial charge < -0.3 is 9.57 Å². The smallest absolute Gasteiger partial charge is 0.356 e. The molecule has 0 atom stereocenters. The molecule has 19 heavy (non-hydrogen) atoms. The summed E-state index contributed by atoms with van der Waals surface area (Å²) in [6.45, 7) is 0. The molecule has 0 fully saturated rings. The van der Waals surface area contributed by atoms with E-state index in [1.807, 2.05) is 0 Å². The second kappa shape index (κ2) is 4.05. The predicted molar refractivity (Wildman–Crippen MR) is 61.5 cm³/mol. The lowest BCUT2D eigenvalue weighted by atomic mass is 10.1.